The van der Waals surface area contributed by atoms with Gasteiger partial charge in [0.2, 0.25) is 5.95 Å². The molecule has 0 bridgehead atoms. The standard InChI is InChI=1S/C22H28ClN7O/c1-2-24-22(31)29-12-10-28(11-13-29)21-25-18-14-16(23)8-9-17(18)20-27-26-19(30(20)21)15-6-4-3-5-7-15/h8-9,14-15H,2-7,10-13H2,1H3,(H,24,31). The molecule has 5 rings (SSSR count). The van der Waals surface area contributed by atoms with Crippen LogP contribution in [0.25, 0.3) is 16.6 Å². The number of hydrogen-bond acceptors (Lipinski definition) is 5. The normalized spacial score (nSPS) is 18.1. The van der Waals surface area contributed by atoms with Crippen molar-refractivity contribution in [3.63, 3.8) is 0 Å². The minimum Gasteiger partial charge on any atom is -0.338 e. The molecule has 1 aromatic carbocycles. The van der Waals surface area contributed by atoms with Gasteiger partial charge in [-0.1, -0.05) is 30.9 Å². The summed E-state index contributed by atoms with van der Waals surface area (Å²) in [6, 6.07) is 5.75. The van der Waals surface area contributed by atoms with Crippen LogP contribution in [0.3, 0.4) is 0 Å². The summed E-state index contributed by atoms with van der Waals surface area (Å²) in [7, 11) is 0. The van der Waals surface area contributed by atoms with Crippen LogP contribution in [0, 0.1) is 0 Å². The van der Waals surface area contributed by atoms with E-state index in [0.717, 1.165) is 41.2 Å². The molecule has 2 aromatic heterocycles. The Morgan fingerprint density at radius 1 is 1.13 bits per heavy atom. The molecule has 3 heterocycles. The number of carbonyl (C=O) groups is 1. The fraction of sp³-hybridized carbons (Fsp3) is 0.545. The van der Waals surface area contributed by atoms with Crippen LogP contribution < -0.4 is 10.2 Å². The minimum atomic E-state index is -0.00209. The van der Waals surface area contributed by atoms with Crippen molar-refractivity contribution in [2.45, 2.75) is 44.9 Å². The van der Waals surface area contributed by atoms with E-state index >= 15 is 0 Å². The van der Waals surface area contributed by atoms with Gasteiger partial charge < -0.3 is 15.1 Å². The number of amides is 2. The van der Waals surface area contributed by atoms with E-state index in [-0.39, 0.29) is 6.03 Å². The highest BCUT2D eigenvalue weighted by molar-refractivity contribution is 6.31. The highest BCUT2D eigenvalue weighted by Crippen LogP contribution is 2.35. The number of anilines is 1. The second-order valence-electron chi connectivity index (χ2n) is 8.44. The van der Waals surface area contributed by atoms with Gasteiger partial charge in [-0.2, -0.15) is 0 Å². The van der Waals surface area contributed by atoms with E-state index in [9.17, 15) is 4.79 Å². The van der Waals surface area contributed by atoms with Gasteiger partial charge in [0.15, 0.2) is 5.65 Å². The van der Waals surface area contributed by atoms with E-state index < -0.39 is 0 Å². The number of aromatic nitrogens is 4. The Bertz CT molecular complexity index is 1100. The highest BCUT2D eigenvalue weighted by Gasteiger charge is 2.28. The number of piperazine rings is 1. The molecule has 0 atom stereocenters. The first-order valence-corrected chi connectivity index (χ1v) is 11.7. The maximum Gasteiger partial charge on any atom is 0.317 e. The van der Waals surface area contributed by atoms with Gasteiger partial charge in [0, 0.05) is 49.1 Å². The molecule has 8 nitrogen and oxygen atoms in total. The fourth-order valence-corrected chi connectivity index (χ4v) is 4.99. The van der Waals surface area contributed by atoms with Crippen LogP contribution in [-0.2, 0) is 0 Å². The summed E-state index contributed by atoms with van der Waals surface area (Å²) in [5, 5.41) is 13.8. The summed E-state index contributed by atoms with van der Waals surface area (Å²) in [5.41, 5.74) is 1.66. The van der Waals surface area contributed by atoms with E-state index in [0.29, 0.717) is 43.7 Å². The maximum absolute atomic E-state index is 12.2. The van der Waals surface area contributed by atoms with Gasteiger partial charge in [0.1, 0.15) is 5.82 Å². The molecular formula is C22H28ClN7O. The Kier molecular flexibility index (Phi) is 5.56. The lowest BCUT2D eigenvalue weighted by Gasteiger charge is -2.35. The first kappa shape index (κ1) is 20.3. The lowest BCUT2D eigenvalue weighted by atomic mass is 9.89. The van der Waals surface area contributed by atoms with Crippen LogP contribution in [0.4, 0.5) is 10.7 Å². The molecule has 2 aliphatic rings. The van der Waals surface area contributed by atoms with E-state index in [1.54, 1.807) is 0 Å². The Morgan fingerprint density at radius 3 is 2.65 bits per heavy atom. The van der Waals surface area contributed by atoms with Gasteiger partial charge >= 0.3 is 6.03 Å². The van der Waals surface area contributed by atoms with Crippen LogP contribution in [0.15, 0.2) is 18.2 Å². The smallest absolute Gasteiger partial charge is 0.317 e. The van der Waals surface area contributed by atoms with Crippen molar-refractivity contribution in [3.05, 3.63) is 29.0 Å². The highest BCUT2D eigenvalue weighted by atomic mass is 35.5. The maximum atomic E-state index is 12.2. The molecule has 1 saturated heterocycles. The number of halogens is 1. The third kappa shape index (κ3) is 3.78. The molecule has 0 spiro atoms. The Hall–Kier alpha value is -2.61. The van der Waals surface area contributed by atoms with E-state index in [4.69, 9.17) is 16.6 Å². The van der Waals surface area contributed by atoms with Gasteiger partial charge in [0.25, 0.3) is 0 Å². The lowest BCUT2D eigenvalue weighted by Crippen LogP contribution is -2.52. The van der Waals surface area contributed by atoms with Crippen LogP contribution in [-0.4, -0.2) is 63.2 Å². The summed E-state index contributed by atoms with van der Waals surface area (Å²) in [4.78, 5) is 21.4. The number of nitrogens with zero attached hydrogens (tertiary/aromatic N) is 6. The summed E-state index contributed by atoms with van der Waals surface area (Å²) in [6.07, 6.45) is 6.04. The lowest BCUT2D eigenvalue weighted by molar-refractivity contribution is 0.194. The topological polar surface area (TPSA) is 78.7 Å². The van der Waals surface area contributed by atoms with E-state index in [1.807, 2.05) is 30.0 Å². The second kappa shape index (κ2) is 8.49. The van der Waals surface area contributed by atoms with Crippen molar-refractivity contribution in [1.82, 2.24) is 29.8 Å². The molecule has 9 heteroatoms. The quantitative estimate of drug-likeness (QED) is 0.668. The van der Waals surface area contributed by atoms with Crippen molar-refractivity contribution >= 4 is 40.1 Å². The Morgan fingerprint density at radius 2 is 1.90 bits per heavy atom. The second-order valence-corrected chi connectivity index (χ2v) is 8.87. The summed E-state index contributed by atoms with van der Waals surface area (Å²) < 4.78 is 2.16. The van der Waals surface area contributed by atoms with Gasteiger partial charge in [-0.05, 0) is 38.0 Å². The van der Waals surface area contributed by atoms with Crippen LogP contribution in [0.2, 0.25) is 5.02 Å². The van der Waals surface area contributed by atoms with Crippen LogP contribution in [0.5, 0.6) is 0 Å². The molecule has 1 N–H and O–H groups in total. The van der Waals surface area contributed by atoms with Crippen LogP contribution >= 0.6 is 11.6 Å². The van der Waals surface area contributed by atoms with Gasteiger partial charge in [0.05, 0.1) is 5.52 Å². The van der Waals surface area contributed by atoms with Gasteiger partial charge in [-0.3, -0.25) is 0 Å². The van der Waals surface area contributed by atoms with Crippen molar-refractivity contribution in [1.29, 1.82) is 0 Å². The van der Waals surface area contributed by atoms with Crippen molar-refractivity contribution < 1.29 is 4.79 Å². The van der Waals surface area contributed by atoms with Gasteiger partial charge in [-0.15, -0.1) is 10.2 Å². The number of carbonyl (C=O) groups excluding carboxylic acids is 1. The first-order valence-electron chi connectivity index (χ1n) is 11.3. The van der Waals surface area contributed by atoms with E-state index in [2.05, 4.69) is 24.8 Å². The number of fused-ring (bicyclic) bond motifs is 3. The fourth-order valence-electron chi connectivity index (χ4n) is 4.82. The van der Waals surface area contributed by atoms with Gasteiger partial charge in [-0.25, -0.2) is 14.2 Å². The molecule has 2 fully saturated rings. The van der Waals surface area contributed by atoms with Crippen molar-refractivity contribution in [3.8, 4) is 0 Å². The van der Waals surface area contributed by atoms with Crippen molar-refractivity contribution in [2.75, 3.05) is 37.6 Å². The summed E-state index contributed by atoms with van der Waals surface area (Å²) in [5.74, 6) is 2.27. The molecule has 0 unspecified atom stereocenters. The summed E-state index contributed by atoms with van der Waals surface area (Å²) >= 11 is 6.27. The largest absolute Gasteiger partial charge is 0.338 e. The molecule has 164 valence electrons. The average molecular weight is 442 g/mol. The Labute approximate surface area is 186 Å². The van der Waals surface area contributed by atoms with Crippen LogP contribution in [0.1, 0.15) is 50.8 Å². The SMILES string of the molecule is CCNC(=O)N1CCN(c2nc3cc(Cl)ccc3c3nnc(C4CCCCC4)n23)CC1. The zero-order valence-electron chi connectivity index (χ0n) is 17.8. The number of hydrogen-bond donors (Lipinski definition) is 1. The van der Waals surface area contributed by atoms with E-state index in [1.165, 1.54) is 19.3 Å². The zero-order valence-corrected chi connectivity index (χ0v) is 18.6. The molecule has 3 aromatic rings. The molecule has 1 aliphatic heterocycles. The number of urea groups is 1. The van der Waals surface area contributed by atoms with Crippen molar-refractivity contribution in [2.24, 2.45) is 0 Å². The number of rotatable bonds is 3. The predicted octanol–water partition coefficient (Wildman–Crippen LogP) is 3.83. The molecule has 0 radical (unpaired) electrons. The molecule has 1 saturated carbocycles. The third-order valence-electron chi connectivity index (χ3n) is 6.46. The zero-order chi connectivity index (χ0) is 21.4. The molecule has 2 amide bonds. The minimum absolute atomic E-state index is 0.00209. The number of nitrogens with one attached hydrogen (secondary N) is 1. The predicted molar refractivity (Wildman–Crippen MR) is 122 cm³/mol. The summed E-state index contributed by atoms with van der Waals surface area (Å²) in [6.45, 7) is 5.32. The Balaban J connectivity index is 1.56. The molecule has 31 heavy (non-hydrogen) atoms. The monoisotopic (exact) mass is 441 g/mol. The number of benzene rings is 1. The molecular weight excluding hydrogens is 414 g/mol. The third-order valence-corrected chi connectivity index (χ3v) is 6.69. The average Bonchev–Trinajstić information content (AvgIpc) is 3.24. The first-order chi connectivity index (χ1) is 15.2. The molecule has 1 aliphatic carbocycles.